The molecule has 0 saturated carbocycles. The quantitative estimate of drug-likeness (QED) is 0.404. The number of nitrogens with one attached hydrogen (secondary N) is 1. The van der Waals surface area contributed by atoms with E-state index in [4.69, 9.17) is 4.98 Å². The van der Waals surface area contributed by atoms with Gasteiger partial charge in [-0.3, -0.25) is 0 Å². The lowest BCUT2D eigenvalue weighted by atomic mass is 10.1. The van der Waals surface area contributed by atoms with Crippen LogP contribution in [0.4, 0.5) is 0 Å². The van der Waals surface area contributed by atoms with Crippen LogP contribution in [-0.4, -0.2) is 14.5 Å². The molecule has 26 heavy (non-hydrogen) atoms. The highest BCUT2D eigenvalue weighted by Crippen LogP contribution is 2.38. The highest BCUT2D eigenvalue weighted by atomic mass is 15.0. The fourth-order valence-corrected chi connectivity index (χ4v) is 4.08. The van der Waals surface area contributed by atoms with Gasteiger partial charge in [-0.2, -0.15) is 0 Å². The first-order chi connectivity index (χ1) is 12.9. The van der Waals surface area contributed by atoms with Crippen LogP contribution >= 0.6 is 0 Å². The van der Waals surface area contributed by atoms with Gasteiger partial charge in [0.15, 0.2) is 0 Å². The summed E-state index contributed by atoms with van der Waals surface area (Å²) in [6.45, 7) is 0. The van der Waals surface area contributed by atoms with Gasteiger partial charge in [0, 0.05) is 33.6 Å². The van der Waals surface area contributed by atoms with Crippen LogP contribution in [0.3, 0.4) is 0 Å². The molecule has 0 aliphatic carbocycles. The molecule has 122 valence electrons. The molecule has 6 aromatic rings. The van der Waals surface area contributed by atoms with Gasteiger partial charge in [0.25, 0.3) is 0 Å². The van der Waals surface area contributed by atoms with Crippen LogP contribution in [-0.2, 0) is 0 Å². The van der Waals surface area contributed by atoms with E-state index in [-0.39, 0.29) is 0 Å². The summed E-state index contributed by atoms with van der Waals surface area (Å²) in [4.78, 5) is 8.20. The highest BCUT2D eigenvalue weighted by molar-refractivity contribution is 6.24. The van der Waals surface area contributed by atoms with Crippen molar-refractivity contribution in [3.05, 3.63) is 85.1 Å². The van der Waals surface area contributed by atoms with Crippen LogP contribution in [0, 0.1) is 0 Å². The molecule has 0 saturated heterocycles. The Hall–Kier alpha value is -3.59. The van der Waals surface area contributed by atoms with Crippen LogP contribution < -0.4 is 0 Å². The minimum absolute atomic E-state index is 0.929. The van der Waals surface area contributed by atoms with E-state index in [1.807, 2.05) is 6.20 Å². The Balaban J connectivity index is 1.96. The summed E-state index contributed by atoms with van der Waals surface area (Å²) in [5, 5.41) is 4.80. The van der Waals surface area contributed by atoms with Crippen LogP contribution in [0.2, 0.25) is 0 Å². The number of para-hydroxylation sites is 3. The Morgan fingerprint density at radius 2 is 1.42 bits per heavy atom. The Bertz CT molecular complexity index is 1420. The fraction of sp³-hybridized carbons (Fsp3) is 0. The summed E-state index contributed by atoms with van der Waals surface area (Å²) in [7, 11) is 0. The number of rotatable bonds is 1. The number of hydrogen-bond donors (Lipinski definition) is 1. The summed E-state index contributed by atoms with van der Waals surface area (Å²) >= 11 is 0. The van der Waals surface area contributed by atoms with Crippen molar-refractivity contribution in [3.8, 4) is 5.69 Å². The topological polar surface area (TPSA) is 33.6 Å². The largest absolute Gasteiger partial charge is 0.339 e. The molecule has 3 heterocycles. The lowest BCUT2D eigenvalue weighted by Gasteiger charge is -2.08. The first-order valence-corrected chi connectivity index (χ1v) is 8.76. The highest BCUT2D eigenvalue weighted by Gasteiger charge is 2.17. The lowest BCUT2D eigenvalue weighted by Crippen LogP contribution is -1.93. The third-order valence-corrected chi connectivity index (χ3v) is 5.17. The van der Waals surface area contributed by atoms with Crippen LogP contribution in [0.25, 0.3) is 49.4 Å². The molecule has 3 aromatic heterocycles. The molecule has 0 amide bonds. The number of aromatic nitrogens is 3. The molecule has 3 nitrogen and oxygen atoms in total. The monoisotopic (exact) mass is 333 g/mol. The standard InChI is InChI=1S/C23H15N3/c1-2-8-15(9-3-1)26-20-13-7-5-10-16(20)18-14-24-23-21(22(18)26)17-11-4-6-12-19(17)25-23/h1-14H,(H,24,25). The van der Waals surface area contributed by atoms with E-state index < -0.39 is 0 Å². The van der Waals surface area contributed by atoms with Crippen molar-refractivity contribution in [2.24, 2.45) is 0 Å². The van der Waals surface area contributed by atoms with Gasteiger partial charge in [-0.25, -0.2) is 4.98 Å². The zero-order valence-corrected chi connectivity index (χ0v) is 14.0. The van der Waals surface area contributed by atoms with E-state index in [2.05, 4.69) is 88.4 Å². The summed E-state index contributed by atoms with van der Waals surface area (Å²) in [5.41, 5.74) is 5.62. The van der Waals surface area contributed by atoms with Crippen molar-refractivity contribution in [2.45, 2.75) is 0 Å². The molecule has 0 aliphatic heterocycles. The minimum Gasteiger partial charge on any atom is -0.339 e. The molecule has 0 unspecified atom stereocenters. The second-order valence-electron chi connectivity index (χ2n) is 6.60. The minimum atomic E-state index is 0.929. The first-order valence-electron chi connectivity index (χ1n) is 8.76. The van der Waals surface area contributed by atoms with Gasteiger partial charge >= 0.3 is 0 Å². The lowest BCUT2D eigenvalue weighted by molar-refractivity contribution is 1.18. The molecule has 6 rings (SSSR count). The van der Waals surface area contributed by atoms with Crippen molar-refractivity contribution in [1.82, 2.24) is 14.5 Å². The first kappa shape index (κ1) is 13.7. The fourth-order valence-electron chi connectivity index (χ4n) is 4.08. The van der Waals surface area contributed by atoms with Gasteiger partial charge in [0.2, 0.25) is 0 Å². The van der Waals surface area contributed by atoms with E-state index in [9.17, 15) is 0 Å². The maximum Gasteiger partial charge on any atom is 0.140 e. The maximum absolute atomic E-state index is 4.73. The summed E-state index contributed by atoms with van der Waals surface area (Å²) < 4.78 is 2.36. The zero-order chi connectivity index (χ0) is 17.1. The predicted octanol–water partition coefficient (Wildman–Crippen LogP) is 5.81. The second kappa shape index (κ2) is 4.96. The third-order valence-electron chi connectivity index (χ3n) is 5.17. The molecule has 0 aliphatic rings. The van der Waals surface area contributed by atoms with Gasteiger partial charge in [-0.15, -0.1) is 0 Å². The van der Waals surface area contributed by atoms with E-state index in [0.29, 0.717) is 0 Å². The predicted molar refractivity (Wildman–Crippen MR) is 108 cm³/mol. The van der Waals surface area contributed by atoms with Crippen molar-refractivity contribution >= 4 is 43.7 Å². The van der Waals surface area contributed by atoms with Gasteiger partial charge in [0.05, 0.1) is 16.4 Å². The molecular weight excluding hydrogens is 318 g/mol. The Morgan fingerprint density at radius 1 is 0.692 bits per heavy atom. The smallest absolute Gasteiger partial charge is 0.140 e. The average Bonchev–Trinajstić information content (AvgIpc) is 3.24. The van der Waals surface area contributed by atoms with Gasteiger partial charge in [-0.1, -0.05) is 54.6 Å². The Labute approximate surface area is 149 Å². The zero-order valence-electron chi connectivity index (χ0n) is 14.0. The number of benzene rings is 3. The van der Waals surface area contributed by atoms with Crippen LogP contribution in [0.5, 0.6) is 0 Å². The number of H-pyrrole nitrogens is 1. The Morgan fingerprint density at radius 3 is 2.31 bits per heavy atom. The summed E-state index contributed by atoms with van der Waals surface area (Å²) in [6.07, 6.45) is 1.99. The summed E-state index contributed by atoms with van der Waals surface area (Å²) in [6, 6.07) is 27.5. The van der Waals surface area contributed by atoms with Gasteiger partial charge in [-0.05, 0) is 24.3 Å². The second-order valence-corrected chi connectivity index (χ2v) is 6.60. The van der Waals surface area contributed by atoms with Crippen molar-refractivity contribution < 1.29 is 0 Å². The molecular formula is C23H15N3. The molecule has 0 spiro atoms. The number of aromatic amines is 1. The summed E-state index contributed by atoms with van der Waals surface area (Å²) in [5.74, 6) is 0. The van der Waals surface area contributed by atoms with Gasteiger partial charge < -0.3 is 9.55 Å². The number of fused-ring (bicyclic) bond motifs is 7. The van der Waals surface area contributed by atoms with E-state index in [0.717, 1.165) is 16.9 Å². The number of nitrogens with zero attached hydrogens (tertiary/aromatic N) is 2. The van der Waals surface area contributed by atoms with E-state index >= 15 is 0 Å². The SMILES string of the molecule is c1ccc(-n2c3ccccc3c3cnc4[nH]c5ccccc5c4c32)cc1. The molecule has 0 atom stereocenters. The van der Waals surface area contributed by atoms with Crippen molar-refractivity contribution in [2.75, 3.05) is 0 Å². The molecule has 3 aromatic carbocycles. The van der Waals surface area contributed by atoms with E-state index in [1.165, 1.54) is 32.6 Å². The molecule has 1 N–H and O–H groups in total. The van der Waals surface area contributed by atoms with E-state index in [1.54, 1.807) is 0 Å². The van der Waals surface area contributed by atoms with Gasteiger partial charge in [0.1, 0.15) is 5.65 Å². The van der Waals surface area contributed by atoms with Crippen molar-refractivity contribution in [1.29, 1.82) is 0 Å². The normalized spacial score (nSPS) is 11.8. The van der Waals surface area contributed by atoms with Crippen LogP contribution in [0.15, 0.2) is 85.1 Å². The molecule has 0 bridgehead atoms. The third kappa shape index (κ3) is 1.69. The Kier molecular flexibility index (Phi) is 2.61. The molecule has 3 heteroatoms. The average molecular weight is 333 g/mol. The maximum atomic E-state index is 4.73. The molecule has 0 fully saturated rings. The molecule has 0 radical (unpaired) electrons. The van der Waals surface area contributed by atoms with Crippen LogP contribution in [0.1, 0.15) is 0 Å². The number of hydrogen-bond acceptors (Lipinski definition) is 1. The van der Waals surface area contributed by atoms with Crippen molar-refractivity contribution in [3.63, 3.8) is 0 Å². The number of pyridine rings is 1.